The number of aromatic nitrogens is 2. The molecule has 3 aromatic heterocycles. The third-order valence-corrected chi connectivity index (χ3v) is 5.69. The van der Waals surface area contributed by atoms with Gasteiger partial charge in [-0.05, 0) is 35.7 Å². The molecule has 0 bridgehead atoms. The van der Waals surface area contributed by atoms with E-state index in [4.69, 9.17) is 10.5 Å². The van der Waals surface area contributed by atoms with Crippen LogP contribution in [0.4, 0.5) is 5.69 Å². The maximum Gasteiger partial charge on any atom is 0.275 e. The van der Waals surface area contributed by atoms with Crippen LogP contribution in [0, 0.1) is 0 Å². The zero-order chi connectivity index (χ0) is 20.2. The molecule has 0 aliphatic rings. The number of thiophene rings is 1. The van der Waals surface area contributed by atoms with Crippen molar-refractivity contribution in [1.82, 2.24) is 9.97 Å². The van der Waals surface area contributed by atoms with Gasteiger partial charge in [0.15, 0.2) is 0 Å². The number of hydrogen-bond acceptors (Lipinski definition) is 7. The third kappa shape index (κ3) is 4.48. The van der Waals surface area contributed by atoms with Crippen molar-refractivity contribution in [3.8, 4) is 21.5 Å². The molecule has 0 aliphatic carbocycles. The van der Waals surface area contributed by atoms with E-state index in [0.29, 0.717) is 28.6 Å². The summed E-state index contributed by atoms with van der Waals surface area (Å²) in [6.45, 7) is 0. The number of nitrogens with one attached hydrogen (secondary N) is 1. The maximum atomic E-state index is 12.4. The van der Waals surface area contributed by atoms with Crippen LogP contribution < -0.4 is 15.8 Å². The number of rotatable bonds is 6. The highest BCUT2D eigenvalue weighted by molar-refractivity contribution is 7.20. The van der Waals surface area contributed by atoms with Crippen LogP contribution in [-0.4, -0.2) is 21.8 Å². The number of nitrogens with two attached hydrogens (primary N) is 1. The number of carbonyl (C=O) groups is 2. The molecule has 29 heavy (non-hydrogen) atoms. The SMILES string of the molecule is NC(=O)c1cccc(Oc2ccc(NC(=O)c3csc(-c4cccs4)n3)cn2)c1. The molecule has 1 aromatic carbocycles. The minimum absolute atomic E-state index is 0.311. The lowest BCUT2D eigenvalue weighted by atomic mass is 10.2. The Hall–Kier alpha value is -3.56. The second-order valence-electron chi connectivity index (χ2n) is 5.85. The topological polar surface area (TPSA) is 107 Å². The van der Waals surface area contributed by atoms with Crippen molar-refractivity contribution in [2.45, 2.75) is 0 Å². The first-order chi connectivity index (χ1) is 14.1. The fourth-order valence-corrected chi connectivity index (χ4v) is 4.05. The van der Waals surface area contributed by atoms with E-state index in [1.165, 1.54) is 23.6 Å². The molecule has 0 saturated heterocycles. The van der Waals surface area contributed by atoms with Crippen LogP contribution in [0.2, 0.25) is 0 Å². The van der Waals surface area contributed by atoms with Crippen LogP contribution in [0.3, 0.4) is 0 Å². The lowest BCUT2D eigenvalue weighted by Gasteiger charge is -2.07. The van der Waals surface area contributed by atoms with E-state index < -0.39 is 5.91 Å². The number of benzene rings is 1. The predicted molar refractivity (Wildman–Crippen MR) is 113 cm³/mol. The van der Waals surface area contributed by atoms with E-state index in [2.05, 4.69) is 15.3 Å². The predicted octanol–water partition coefficient (Wildman–Crippen LogP) is 4.41. The molecule has 4 rings (SSSR count). The van der Waals surface area contributed by atoms with Gasteiger partial charge in [-0.25, -0.2) is 9.97 Å². The number of primary amides is 1. The number of carbonyl (C=O) groups excluding carboxylic acids is 2. The lowest BCUT2D eigenvalue weighted by molar-refractivity contribution is 0.0997. The van der Waals surface area contributed by atoms with E-state index in [1.807, 2.05) is 17.5 Å². The highest BCUT2D eigenvalue weighted by Crippen LogP contribution is 2.28. The molecule has 144 valence electrons. The summed E-state index contributed by atoms with van der Waals surface area (Å²) in [7, 11) is 0. The van der Waals surface area contributed by atoms with Gasteiger partial charge in [-0.1, -0.05) is 12.1 Å². The smallest absolute Gasteiger partial charge is 0.275 e. The van der Waals surface area contributed by atoms with Crippen molar-refractivity contribution >= 4 is 40.2 Å². The number of pyridine rings is 1. The summed E-state index contributed by atoms with van der Waals surface area (Å²) in [5.41, 5.74) is 6.47. The molecule has 2 amide bonds. The number of thiazole rings is 1. The van der Waals surface area contributed by atoms with Crippen LogP contribution in [-0.2, 0) is 0 Å². The standard InChI is InChI=1S/C20H14N4O3S2/c21-18(25)12-3-1-4-14(9-12)27-17-7-6-13(10-22-17)23-19(26)15-11-29-20(24-15)16-5-2-8-28-16/h1-11H,(H2,21,25)(H,23,26). The van der Waals surface area contributed by atoms with Gasteiger partial charge in [0.25, 0.3) is 5.91 Å². The van der Waals surface area contributed by atoms with Crippen molar-refractivity contribution in [2.24, 2.45) is 5.73 Å². The average Bonchev–Trinajstić information content (AvgIpc) is 3.41. The largest absolute Gasteiger partial charge is 0.439 e. The van der Waals surface area contributed by atoms with Crippen molar-refractivity contribution in [1.29, 1.82) is 0 Å². The van der Waals surface area contributed by atoms with E-state index >= 15 is 0 Å². The minimum Gasteiger partial charge on any atom is -0.439 e. The Kier molecular flexibility index (Phi) is 5.32. The first-order valence-corrected chi connectivity index (χ1v) is 10.2. The molecule has 0 fully saturated rings. The average molecular weight is 422 g/mol. The second-order valence-corrected chi connectivity index (χ2v) is 7.65. The molecular formula is C20H14N4O3S2. The summed E-state index contributed by atoms with van der Waals surface area (Å²) >= 11 is 3.00. The van der Waals surface area contributed by atoms with Gasteiger partial charge in [-0.15, -0.1) is 22.7 Å². The molecule has 0 spiro atoms. The molecule has 0 unspecified atom stereocenters. The van der Waals surface area contributed by atoms with Crippen LogP contribution in [0.5, 0.6) is 11.6 Å². The van der Waals surface area contributed by atoms with Crippen molar-refractivity contribution in [3.05, 3.63) is 76.7 Å². The lowest BCUT2D eigenvalue weighted by Crippen LogP contribution is -2.12. The first-order valence-electron chi connectivity index (χ1n) is 8.43. The van der Waals surface area contributed by atoms with Gasteiger partial charge in [-0.2, -0.15) is 0 Å². The third-order valence-electron chi connectivity index (χ3n) is 3.80. The zero-order valence-corrected chi connectivity index (χ0v) is 16.5. The summed E-state index contributed by atoms with van der Waals surface area (Å²) < 4.78 is 5.62. The molecule has 9 heteroatoms. The van der Waals surface area contributed by atoms with Crippen LogP contribution in [0.1, 0.15) is 20.8 Å². The van der Waals surface area contributed by atoms with Crippen LogP contribution in [0.15, 0.2) is 65.5 Å². The Morgan fingerprint density at radius 1 is 1.07 bits per heavy atom. The number of amides is 2. The number of anilines is 1. The molecule has 7 nitrogen and oxygen atoms in total. The van der Waals surface area contributed by atoms with Crippen molar-refractivity contribution < 1.29 is 14.3 Å². The molecule has 0 aliphatic heterocycles. The minimum atomic E-state index is -0.536. The molecule has 0 radical (unpaired) electrons. The Morgan fingerprint density at radius 2 is 1.97 bits per heavy atom. The van der Waals surface area contributed by atoms with Crippen LogP contribution in [0.25, 0.3) is 9.88 Å². The Bertz CT molecular complexity index is 1150. The zero-order valence-electron chi connectivity index (χ0n) is 14.9. The van der Waals surface area contributed by atoms with E-state index in [-0.39, 0.29) is 5.91 Å². The highest BCUT2D eigenvalue weighted by Gasteiger charge is 2.13. The van der Waals surface area contributed by atoms with Gasteiger partial charge in [0.2, 0.25) is 11.8 Å². The Balaban J connectivity index is 1.41. The fourth-order valence-electron chi connectivity index (χ4n) is 2.43. The molecular weight excluding hydrogens is 408 g/mol. The Labute approximate surface area is 173 Å². The van der Waals surface area contributed by atoms with E-state index in [9.17, 15) is 9.59 Å². The van der Waals surface area contributed by atoms with E-state index in [1.54, 1.807) is 47.0 Å². The monoisotopic (exact) mass is 422 g/mol. The van der Waals surface area contributed by atoms with Gasteiger partial charge in [0, 0.05) is 17.0 Å². The molecule has 0 atom stereocenters. The fraction of sp³-hybridized carbons (Fsp3) is 0. The van der Waals surface area contributed by atoms with E-state index in [0.717, 1.165) is 9.88 Å². The highest BCUT2D eigenvalue weighted by atomic mass is 32.1. The summed E-state index contributed by atoms with van der Waals surface area (Å²) in [6.07, 6.45) is 1.48. The second kappa shape index (κ2) is 8.21. The first kappa shape index (κ1) is 18.8. The van der Waals surface area contributed by atoms with Gasteiger partial charge in [0.1, 0.15) is 16.5 Å². The summed E-state index contributed by atoms with van der Waals surface area (Å²) in [5, 5.41) is 7.26. The summed E-state index contributed by atoms with van der Waals surface area (Å²) in [6, 6.07) is 13.7. The van der Waals surface area contributed by atoms with Gasteiger partial charge in [0.05, 0.1) is 16.8 Å². The number of ether oxygens (including phenoxy) is 1. The quantitative estimate of drug-likeness (QED) is 0.479. The van der Waals surface area contributed by atoms with Gasteiger partial charge < -0.3 is 15.8 Å². The number of hydrogen-bond donors (Lipinski definition) is 2. The van der Waals surface area contributed by atoms with Crippen molar-refractivity contribution in [2.75, 3.05) is 5.32 Å². The summed E-state index contributed by atoms with van der Waals surface area (Å²) in [5.74, 6) is -0.0909. The van der Waals surface area contributed by atoms with Crippen molar-refractivity contribution in [3.63, 3.8) is 0 Å². The van der Waals surface area contributed by atoms with Gasteiger partial charge in [-0.3, -0.25) is 9.59 Å². The van der Waals surface area contributed by atoms with Crippen LogP contribution >= 0.6 is 22.7 Å². The Morgan fingerprint density at radius 3 is 2.69 bits per heavy atom. The molecule has 4 aromatic rings. The molecule has 0 saturated carbocycles. The molecule has 3 heterocycles. The summed E-state index contributed by atoms with van der Waals surface area (Å²) in [4.78, 5) is 33.2. The number of nitrogens with zero attached hydrogens (tertiary/aromatic N) is 2. The normalized spacial score (nSPS) is 10.5. The molecule has 3 N–H and O–H groups in total. The maximum absolute atomic E-state index is 12.4. The van der Waals surface area contributed by atoms with Gasteiger partial charge >= 0.3 is 0 Å².